The van der Waals surface area contributed by atoms with Crippen LogP contribution in [0.15, 0.2) is 70.6 Å². The first-order valence-electron chi connectivity index (χ1n) is 7.57. The lowest BCUT2D eigenvalue weighted by Crippen LogP contribution is -2.15. The Kier molecular flexibility index (Phi) is 4.91. The Morgan fingerprint density at radius 2 is 1.71 bits per heavy atom. The summed E-state index contributed by atoms with van der Waals surface area (Å²) in [6, 6.07) is 17.8. The van der Waals surface area contributed by atoms with Gasteiger partial charge in [0.25, 0.3) is 5.91 Å². The van der Waals surface area contributed by atoms with Crippen LogP contribution in [0, 0.1) is 13.8 Å². The van der Waals surface area contributed by atoms with Gasteiger partial charge in [-0.25, -0.2) is 9.97 Å². The molecule has 1 aromatic heterocycles. The number of aromatic nitrogens is 2. The van der Waals surface area contributed by atoms with E-state index in [0.29, 0.717) is 17.1 Å². The third-order valence-electron chi connectivity index (χ3n) is 3.45. The second kappa shape index (κ2) is 7.27. The SMILES string of the molecule is Cc1ncc(C(=O)Nc2ccccc2Sc2ccccc2)c(C)n1. The van der Waals surface area contributed by atoms with Crippen molar-refractivity contribution in [3.8, 4) is 0 Å². The van der Waals surface area contributed by atoms with Gasteiger partial charge in [-0.2, -0.15) is 0 Å². The number of amides is 1. The van der Waals surface area contributed by atoms with Gasteiger partial charge < -0.3 is 5.32 Å². The average molecular weight is 335 g/mol. The number of anilines is 1. The van der Waals surface area contributed by atoms with Crippen LogP contribution < -0.4 is 5.32 Å². The molecule has 1 N–H and O–H groups in total. The van der Waals surface area contributed by atoms with E-state index in [2.05, 4.69) is 15.3 Å². The molecule has 0 bridgehead atoms. The molecule has 3 rings (SSSR count). The lowest BCUT2D eigenvalue weighted by molar-refractivity contribution is 0.102. The van der Waals surface area contributed by atoms with Gasteiger partial charge in [-0.1, -0.05) is 42.1 Å². The number of aryl methyl sites for hydroxylation is 2. The molecule has 0 aliphatic carbocycles. The number of carbonyl (C=O) groups excluding carboxylic acids is 1. The van der Waals surface area contributed by atoms with Crippen LogP contribution in [0.25, 0.3) is 0 Å². The highest BCUT2D eigenvalue weighted by Gasteiger charge is 2.13. The standard InChI is InChI=1S/C19H17N3OS/c1-13-16(12-20-14(2)21-13)19(23)22-17-10-6-7-11-18(17)24-15-8-4-3-5-9-15/h3-12H,1-2H3,(H,22,23). The molecule has 0 saturated carbocycles. The zero-order valence-corrected chi connectivity index (χ0v) is 14.3. The summed E-state index contributed by atoms with van der Waals surface area (Å²) in [7, 11) is 0. The predicted octanol–water partition coefficient (Wildman–Crippen LogP) is 4.50. The van der Waals surface area contributed by atoms with Crippen molar-refractivity contribution < 1.29 is 4.79 Å². The summed E-state index contributed by atoms with van der Waals surface area (Å²) in [6.07, 6.45) is 1.57. The molecular formula is C19H17N3OS. The van der Waals surface area contributed by atoms with E-state index in [9.17, 15) is 4.79 Å². The van der Waals surface area contributed by atoms with E-state index in [0.717, 1.165) is 15.5 Å². The number of benzene rings is 2. The Morgan fingerprint density at radius 3 is 2.46 bits per heavy atom. The van der Waals surface area contributed by atoms with Crippen molar-refractivity contribution in [2.75, 3.05) is 5.32 Å². The molecule has 0 saturated heterocycles. The van der Waals surface area contributed by atoms with Gasteiger partial charge in [0.1, 0.15) is 5.82 Å². The fourth-order valence-corrected chi connectivity index (χ4v) is 3.19. The maximum Gasteiger partial charge on any atom is 0.259 e. The largest absolute Gasteiger partial charge is 0.321 e. The van der Waals surface area contributed by atoms with Gasteiger partial charge in [0.2, 0.25) is 0 Å². The maximum atomic E-state index is 12.6. The minimum Gasteiger partial charge on any atom is -0.321 e. The Bertz CT molecular complexity index is 865. The monoisotopic (exact) mass is 335 g/mol. The van der Waals surface area contributed by atoms with Gasteiger partial charge in [0.05, 0.1) is 16.9 Å². The number of hydrogen-bond donors (Lipinski definition) is 1. The van der Waals surface area contributed by atoms with Gasteiger partial charge in [-0.05, 0) is 38.1 Å². The predicted molar refractivity (Wildman–Crippen MR) is 96.5 cm³/mol. The number of para-hydroxylation sites is 1. The van der Waals surface area contributed by atoms with Crippen LogP contribution in [0.5, 0.6) is 0 Å². The molecule has 0 aliphatic heterocycles. The van der Waals surface area contributed by atoms with Crippen LogP contribution in [0.2, 0.25) is 0 Å². The molecule has 1 heterocycles. The quantitative estimate of drug-likeness (QED) is 0.763. The smallest absolute Gasteiger partial charge is 0.259 e. The molecule has 0 atom stereocenters. The topological polar surface area (TPSA) is 54.9 Å². The molecule has 3 aromatic rings. The van der Waals surface area contributed by atoms with Crippen LogP contribution in [0.3, 0.4) is 0 Å². The Hall–Kier alpha value is -2.66. The summed E-state index contributed by atoms with van der Waals surface area (Å²) in [6.45, 7) is 3.62. The summed E-state index contributed by atoms with van der Waals surface area (Å²) in [5.41, 5.74) is 1.93. The second-order valence-electron chi connectivity index (χ2n) is 5.28. The fourth-order valence-electron chi connectivity index (χ4n) is 2.27. The van der Waals surface area contributed by atoms with E-state index >= 15 is 0 Å². The van der Waals surface area contributed by atoms with E-state index in [1.807, 2.05) is 61.5 Å². The summed E-state index contributed by atoms with van der Waals surface area (Å²) in [5, 5.41) is 2.97. The minimum absolute atomic E-state index is 0.200. The summed E-state index contributed by atoms with van der Waals surface area (Å²) in [4.78, 5) is 23.0. The molecule has 2 aromatic carbocycles. The summed E-state index contributed by atoms with van der Waals surface area (Å²) in [5.74, 6) is 0.456. The number of nitrogens with one attached hydrogen (secondary N) is 1. The first-order valence-corrected chi connectivity index (χ1v) is 8.38. The molecule has 5 heteroatoms. The molecule has 0 unspecified atom stereocenters. The molecule has 0 fully saturated rings. The zero-order chi connectivity index (χ0) is 16.9. The highest BCUT2D eigenvalue weighted by molar-refractivity contribution is 7.99. The third kappa shape index (κ3) is 3.81. The normalized spacial score (nSPS) is 10.4. The van der Waals surface area contributed by atoms with Crippen molar-refractivity contribution in [2.24, 2.45) is 0 Å². The van der Waals surface area contributed by atoms with E-state index in [4.69, 9.17) is 0 Å². The van der Waals surface area contributed by atoms with Crippen molar-refractivity contribution in [1.29, 1.82) is 0 Å². The number of hydrogen-bond acceptors (Lipinski definition) is 4. The van der Waals surface area contributed by atoms with Gasteiger partial charge in [0, 0.05) is 16.0 Å². The van der Waals surface area contributed by atoms with Crippen LogP contribution in [0.4, 0.5) is 5.69 Å². The lowest BCUT2D eigenvalue weighted by atomic mass is 10.2. The fraction of sp³-hybridized carbons (Fsp3) is 0.105. The van der Waals surface area contributed by atoms with E-state index in [1.54, 1.807) is 24.9 Å². The summed E-state index contributed by atoms with van der Waals surface area (Å²) >= 11 is 1.61. The molecule has 0 aliphatic rings. The third-order valence-corrected chi connectivity index (χ3v) is 4.53. The highest BCUT2D eigenvalue weighted by atomic mass is 32.2. The van der Waals surface area contributed by atoms with Crippen LogP contribution in [-0.2, 0) is 0 Å². The lowest BCUT2D eigenvalue weighted by Gasteiger charge is -2.11. The highest BCUT2D eigenvalue weighted by Crippen LogP contribution is 2.33. The molecule has 0 spiro atoms. The van der Waals surface area contributed by atoms with Crippen molar-refractivity contribution in [3.05, 3.63) is 77.9 Å². The van der Waals surface area contributed by atoms with Crippen molar-refractivity contribution >= 4 is 23.4 Å². The van der Waals surface area contributed by atoms with Gasteiger partial charge in [-0.3, -0.25) is 4.79 Å². The summed E-state index contributed by atoms with van der Waals surface area (Å²) < 4.78 is 0. The number of nitrogens with zero attached hydrogens (tertiary/aromatic N) is 2. The Morgan fingerprint density at radius 1 is 1.00 bits per heavy atom. The molecule has 0 radical (unpaired) electrons. The van der Waals surface area contributed by atoms with Crippen molar-refractivity contribution in [3.63, 3.8) is 0 Å². The first kappa shape index (κ1) is 16.2. The molecule has 1 amide bonds. The Balaban J connectivity index is 1.84. The first-order chi connectivity index (χ1) is 11.6. The van der Waals surface area contributed by atoms with E-state index < -0.39 is 0 Å². The molecule has 120 valence electrons. The van der Waals surface area contributed by atoms with Gasteiger partial charge in [-0.15, -0.1) is 0 Å². The van der Waals surface area contributed by atoms with Gasteiger partial charge >= 0.3 is 0 Å². The van der Waals surface area contributed by atoms with Crippen LogP contribution in [-0.4, -0.2) is 15.9 Å². The van der Waals surface area contributed by atoms with Crippen molar-refractivity contribution in [2.45, 2.75) is 23.6 Å². The minimum atomic E-state index is -0.200. The van der Waals surface area contributed by atoms with Crippen molar-refractivity contribution in [1.82, 2.24) is 9.97 Å². The van der Waals surface area contributed by atoms with E-state index in [1.165, 1.54) is 0 Å². The molecular weight excluding hydrogens is 318 g/mol. The maximum absolute atomic E-state index is 12.6. The molecule has 4 nitrogen and oxygen atoms in total. The Labute approximate surface area is 145 Å². The zero-order valence-electron chi connectivity index (χ0n) is 13.5. The average Bonchev–Trinajstić information content (AvgIpc) is 2.57. The van der Waals surface area contributed by atoms with Gasteiger partial charge in [0.15, 0.2) is 0 Å². The number of carbonyl (C=O) groups is 1. The molecule has 24 heavy (non-hydrogen) atoms. The second-order valence-corrected chi connectivity index (χ2v) is 6.40. The van der Waals surface area contributed by atoms with E-state index in [-0.39, 0.29) is 5.91 Å². The van der Waals surface area contributed by atoms with Crippen LogP contribution >= 0.6 is 11.8 Å². The number of rotatable bonds is 4. The van der Waals surface area contributed by atoms with Crippen LogP contribution in [0.1, 0.15) is 21.9 Å².